The standard InChI is InChI=1S/C22H22F2N2O5.C2H6/c1-13-21-19(10-16(26(27)28)11-20(21)31-12-29-2)25(15-3-4-17(23)18(24)9-15)22(13)14-5-7-30-8-6-14;1-2/h3-4,9-11,14H,5-8,12H2,1-2H3;1-2H3. The second-order valence-electron chi connectivity index (χ2n) is 7.48. The van der Waals surface area contributed by atoms with E-state index in [1.54, 1.807) is 4.57 Å². The molecule has 2 heterocycles. The highest BCUT2D eigenvalue weighted by molar-refractivity contribution is 5.94. The minimum absolute atomic E-state index is 0.0847. The molecule has 1 aliphatic rings. The number of non-ortho nitro benzene ring substituents is 1. The van der Waals surface area contributed by atoms with E-state index in [0.29, 0.717) is 35.6 Å². The summed E-state index contributed by atoms with van der Waals surface area (Å²) < 4.78 is 45.7. The van der Waals surface area contributed by atoms with Gasteiger partial charge in [0.05, 0.1) is 16.5 Å². The fraction of sp³-hybridized carbons (Fsp3) is 0.417. The lowest BCUT2D eigenvalue weighted by molar-refractivity contribution is -0.384. The summed E-state index contributed by atoms with van der Waals surface area (Å²) in [6.07, 6.45) is 1.49. The number of halogens is 2. The molecule has 9 heteroatoms. The van der Waals surface area contributed by atoms with Gasteiger partial charge in [-0.25, -0.2) is 8.78 Å². The lowest BCUT2D eigenvalue weighted by atomic mass is 9.93. The largest absolute Gasteiger partial charge is 0.467 e. The van der Waals surface area contributed by atoms with Gasteiger partial charge in [-0.15, -0.1) is 0 Å². The van der Waals surface area contributed by atoms with E-state index in [1.165, 1.54) is 25.3 Å². The first-order chi connectivity index (χ1) is 15.9. The summed E-state index contributed by atoms with van der Waals surface area (Å²) >= 11 is 0. The van der Waals surface area contributed by atoms with Crippen molar-refractivity contribution in [1.29, 1.82) is 0 Å². The summed E-state index contributed by atoms with van der Waals surface area (Å²) in [4.78, 5) is 11.1. The maximum atomic E-state index is 14.1. The van der Waals surface area contributed by atoms with Crippen LogP contribution in [0.2, 0.25) is 0 Å². The molecule has 0 unspecified atom stereocenters. The number of benzene rings is 2. The molecule has 0 aliphatic carbocycles. The van der Waals surface area contributed by atoms with Crippen LogP contribution in [0.5, 0.6) is 5.75 Å². The van der Waals surface area contributed by atoms with Gasteiger partial charge in [-0.3, -0.25) is 10.1 Å². The number of fused-ring (bicyclic) bond motifs is 1. The Morgan fingerprint density at radius 3 is 2.45 bits per heavy atom. The first kappa shape index (κ1) is 24.6. The van der Waals surface area contributed by atoms with E-state index >= 15 is 0 Å². The lowest BCUT2D eigenvalue weighted by Gasteiger charge is -2.25. The van der Waals surface area contributed by atoms with Gasteiger partial charge in [0, 0.05) is 55.1 Å². The van der Waals surface area contributed by atoms with E-state index < -0.39 is 16.6 Å². The number of aromatic nitrogens is 1. The second kappa shape index (κ2) is 10.7. The molecule has 0 amide bonds. The third kappa shape index (κ3) is 4.84. The minimum atomic E-state index is -0.990. The molecule has 0 bridgehead atoms. The van der Waals surface area contributed by atoms with Crippen LogP contribution in [-0.4, -0.2) is 36.6 Å². The number of hydrogen-bond donors (Lipinski definition) is 0. The van der Waals surface area contributed by atoms with Crippen LogP contribution in [0.3, 0.4) is 0 Å². The molecule has 0 radical (unpaired) electrons. The third-order valence-electron chi connectivity index (χ3n) is 5.62. The Hall–Kier alpha value is -3.04. The van der Waals surface area contributed by atoms with Crippen molar-refractivity contribution in [2.24, 2.45) is 0 Å². The van der Waals surface area contributed by atoms with Crippen LogP contribution in [0.25, 0.3) is 16.6 Å². The monoisotopic (exact) mass is 462 g/mol. The van der Waals surface area contributed by atoms with Crippen molar-refractivity contribution in [2.45, 2.75) is 39.5 Å². The van der Waals surface area contributed by atoms with Crippen molar-refractivity contribution in [3.63, 3.8) is 0 Å². The number of hydrogen-bond acceptors (Lipinski definition) is 5. The molecule has 3 aromatic rings. The third-order valence-corrected chi connectivity index (χ3v) is 5.62. The number of nitro groups is 1. The van der Waals surface area contributed by atoms with Gasteiger partial charge in [-0.1, -0.05) is 13.8 Å². The van der Waals surface area contributed by atoms with Crippen LogP contribution in [0.15, 0.2) is 30.3 Å². The summed E-state index contributed by atoms with van der Waals surface area (Å²) in [6.45, 7) is 6.99. The van der Waals surface area contributed by atoms with Crippen molar-refractivity contribution in [3.05, 3.63) is 63.3 Å². The molecule has 1 aromatic heterocycles. The lowest BCUT2D eigenvalue weighted by Crippen LogP contribution is -2.17. The molecule has 1 aliphatic heterocycles. The molecule has 1 fully saturated rings. The highest BCUT2D eigenvalue weighted by Crippen LogP contribution is 2.43. The maximum Gasteiger partial charge on any atom is 0.275 e. The Kier molecular flexibility index (Phi) is 7.99. The molecule has 33 heavy (non-hydrogen) atoms. The van der Waals surface area contributed by atoms with Gasteiger partial charge in [-0.05, 0) is 37.5 Å². The molecular weight excluding hydrogens is 434 g/mol. The predicted octanol–water partition coefficient (Wildman–Crippen LogP) is 6.03. The van der Waals surface area contributed by atoms with Crippen molar-refractivity contribution in [1.82, 2.24) is 4.57 Å². The highest BCUT2D eigenvalue weighted by Gasteiger charge is 2.28. The van der Waals surface area contributed by atoms with Gasteiger partial charge in [0.15, 0.2) is 18.4 Å². The first-order valence-electron chi connectivity index (χ1n) is 10.9. The Morgan fingerprint density at radius 1 is 1.15 bits per heavy atom. The fourth-order valence-corrected chi connectivity index (χ4v) is 4.27. The van der Waals surface area contributed by atoms with Crippen LogP contribution in [0.4, 0.5) is 14.5 Å². The van der Waals surface area contributed by atoms with Crippen LogP contribution in [0, 0.1) is 28.7 Å². The number of nitrogens with zero attached hydrogens (tertiary/aromatic N) is 2. The van der Waals surface area contributed by atoms with Crippen LogP contribution >= 0.6 is 0 Å². The molecule has 0 atom stereocenters. The summed E-state index contributed by atoms with van der Waals surface area (Å²) in [6, 6.07) is 6.42. The van der Waals surface area contributed by atoms with Crippen molar-refractivity contribution in [2.75, 3.05) is 27.1 Å². The topological polar surface area (TPSA) is 75.8 Å². The Labute approximate surface area is 191 Å². The SMILES string of the molecule is CC.COCOc1cc([N+](=O)[O-])cc2c1c(C)c(C1CCOCC1)n2-c1ccc(F)c(F)c1. The number of ether oxygens (including phenoxy) is 3. The quantitative estimate of drug-likeness (QED) is 0.254. The molecule has 0 N–H and O–H groups in total. The van der Waals surface area contributed by atoms with Crippen LogP contribution < -0.4 is 4.74 Å². The summed E-state index contributed by atoms with van der Waals surface area (Å²) in [5.74, 6) is -1.56. The highest BCUT2D eigenvalue weighted by atomic mass is 19.2. The molecule has 7 nitrogen and oxygen atoms in total. The average Bonchev–Trinajstić information content (AvgIpc) is 3.13. The Balaban J connectivity index is 0.00000149. The van der Waals surface area contributed by atoms with E-state index in [-0.39, 0.29) is 18.4 Å². The van der Waals surface area contributed by atoms with Gasteiger partial charge < -0.3 is 18.8 Å². The van der Waals surface area contributed by atoms with E-state index in [4.69, 9.17) is 14.2 Å². The molecule has 0 spiro atoms. The minimum Gasteiger partial charge on any atom is -0.467 e. The number of methoxy groups -OCH3 is 1. The van der Waals surface area contributed by atoms with Gasteiger partial charge in [0.2, 0.25) is 0 Å². The fourth-order valence-electron chi connectivity index (χ4n) is 4.27. The maximum absolute atomic E-state index is 14.1. The zero-order valence-electron chi connectivity index (χ0n) is 19.2. The molecule has 2 aromatic carbocycles. The van der Waals surface area contributed by atoms with Crippen molar-refractivity contribution < 1.29 is 27.9 Å². The van der Waals surface area contributed by atoms with E-state index in [9.17, 15) is 18.9 Å². The summed E-state index contributed by atoms with van der Waals surface area (Å²) in [5, 5.41) is 12.3. The molecule has 4 rings (SSSR count). The Morgan fingerprint density at radius 2 is 1.85 bits per heavy atom. The zero-order chi connectivity index (χ0) is 24.1. The van der Waals surface area contributed by atoms with Gasteiger partial charge in [-0.2, -0.15) is 0 Å². The van der Waals surface area contributed by atoms with Gasteiger partial charge >= 0.3 is 0 Å². The molecule has 0 saturated carbocycles. The number of nitro benzene ring substituents is 1. The smallest absolute Gasteiger partial charge is 0.275 e. The van der Waals surface area contributed by atoms with Crippen molar-refractivity contribution >= 4 is 16.6 Å². The predicted molar refractivity (Wildman–Crippen MR) is 121 cm³/mol. The normalized spacial score (nSPS) is 14.1. The van der Waals surface area contributed by atoms with Gasteiger partial charge in [0.25, 0.3) is 5.69 Å². The molecule has 178 valence electrons. The van der Waals surface area contributed by atoms with Crippen LogP contribution in [0.1, 0.15) is 43.9 Å². The number of aryl methyl sites for hydroxylation is 1. The first-order valence-corrected chi connectivity index (χ1v) is 10.9. The molecular formula is C24H28F2N2O5. The van der Waals surface area contributed by atoms with Crippen LogP contribution in [-0.2, 0) is 9.47 Å². The second-order valence-corrected chi connectivity index (χ2v) is 7.48. The van der Waals surface area contributed by atoms with E-state index in [1.807, 2.05) is 20.8 Å². The number of rotatable bonds is 6. The zero-order valence-corrected chi connectivity index (χ0v) is 19.2. The summed E-state index contributed by atoms with van der Waals surface area (Å²) in [7, 11) is 1.46. The average molecular weight is 462 g/mol. The van der Waals surface area contributed by atoms with E-state index in [0.717, 1.165) is 36.2 Å². The van der Waals surface area contributed by atoms with Crippen molar-refractivity contribution in [3.8, 4) is 11.4 Å². The Bertz CT molecular complexity index is 1140. The van der Waals surface area contributed by atoms with E-state index in [2.05, 4.69) is 0 Å². The summed E-state index contributed by atoms with van der Waals surface area (Å²) in [5.41, 5.74) is 2.46. The molecule has 1 saturated heterocycles. The van der Waals surface area contributed by atoms with Gasteiger partial charge in [0.1, 0.15) is 5.75 Å².